The first-order chi connectivity index (χ1) is 40.5. The first kappa shape index (κ1) is 82.0. The van der Waals surface area contributed by atoms with E-state index in [0.717, 1.165) is 38.5 Å². The second-order valence-electron chi connectivity index (χ2n) is 27.0. The lowest BCUT2D eigenvalue weighted by atomic mass is 10.0. The average molecular weight is 1190 g/mol. The highest BCUT2D eigenvalue weighted by Gasteiger charge is 2.28. The summed E-state index contributed by atoms with van der Waals surface area (Å²) >= 11 is 0. The molecule has 0 fully saturated rings. The largest absolute Gasteiger partial charge is 0.472 e. The van der Waals surface area contributed by atoms with Crippen molar-refractivity contribution >= 4 is 13.7 Å². The van der Waals surface area contributed by atoms with Gasteiger partial charge in [-0.25, -0.2) is 4.57 Å². The zero-order valence-electron chi connectivity index (χ0n) is 56.7. The molecule has 0 radical (unpaired) electrons. The Bertz CT molecular complexity index is 1400. The molecule has 0 aliphatic heterocycles. The Morgan fingerprint density at radius 1 is 0.398 bits per heavy atom. The number of unbranched alkanes of at least 4 members (excludes halogenated alkanes) is 55. The molecule has 83 heavy (non-hydrogen) atoms. The van der Waals surface area contributed by atoms with E-state index in [-0.39, 0.29) is 19.1 Å². The molecule has 0 aromatic carbocycles. The van der Waals surface area contributed by atoms with Gasteiger partial charge >= 0.3 is 7.82 Å². The molecule has 8 nitrogen and oxygen atoms in total. The number of quaternary nitrogens is 1. The zero-order chi connectivity index (χ0) is 60.5. The number of carbonyl (C=O) groups is 1. The highest BCUT2D eigenvalue weighted by atomic mass is 31.2. The Labute approximate surface area is 519 Å². The van der Waals surface area contributed by atoms with Gasteiger partial charge in [-0.3, -0.25) is 13.8 Å². The fourth-order valence-electron chi connectivity index (χ4n) is 11.7. The number of rotatable bonds is 70. The van der Waals surface area contributed by atoms with Crippen LogP contribution in [0.5, 0.6) is 0 Å². The summed E-state index contributed by atoms with van der Waals surface area (Å²) in [5.41, 5.74) is 0. The third-order valence-corrected chi connectivity index (χ3v) is 18.4. The summed E-state index contributed by atoms with van der Waals surface area (Å²) in [4.78, 5) is 23.4. The summed E-state index contributed by atoms with van der Waals surface area (Å²) in [6.07, 6.45) is 86.5. The van der Waals surface area contributed by atoms with Crippen molar-refractivity contribution in [2.75, 3.05) is 40.9 Å². The normalized spacial score (nSPS) is 13.7. The van der Waals surface area contributed by atoms with Gasteiger partial charge < -0.3 is 19.8 Å². The third kappa shape index (κ3) is 68.3. The van der Waals surface area contributed by atoms with E-state index < -0.39 is 20.0 Å². The SMILES string of the molecule is CCCCCCCCCCCCCCCCCCCCCC/C=C/CC/C=C/C(O)C(COP(=O)(O)OCC[N+](C)(C)C)NC(=O)CCCCCCCCCCCCCCCCCCCCCCCCCCCCCCCCCCCCC. The van der Waals surface area contributed by atoms with E-state index in [1.807, 2.05) is 27.2 Å². The van der Waals surface area contributed by atoms with Crippen LogP contribution in [-0.4, -0.2) is 73.4 Å². The van der Waals surface area contributed by atoms with Crippen LogP contribution in [0.25, 0.3) is 0 Å². The van der Waals surface area contributed by atoms with Crippen molar-refractivity contribution < 1.29 is 32.9 Å². The predicted octanol–water partition coefficient (Wildman–Crippen LogP) is 23.8. The molecule has 0 aliphatic carbocycles. The van der Waals surface area contributed by atoms with Gasteiger partial charge in [0.15, 0.2) is 0 Å². The fourth-order valence-corrected chi connectivity index (χ4v) is 12.4. The van der Waals surface area contributed by atoms with Crippen LogP contribution in [0.4, 0.5) is 0 Å². The van der Waals surface area contributed by atoms with Gasteiger partial charge in [-0.2, -0.15) is 0 Å². The molecule has 0 saturated heterocycles. The second kappa shape index (κ2) is 65.4. The number of nitrogens with one attached hydrogen (secondary N) is 1. The van der Waals surface area contributed by atoms with Crippen LogP contribution < -0.4 is 5.32 Å². The Kier molecular flexibility index (Phi) is 64.6. The van der Waals surface area contributed by atoms with Crippen LogP contribution in [0.15, 0.2) is 24.3 Å². The summed E-state index contributed by atoms with van der Waals surface area (Å²) in [6, 6.07) is -0.862. The van der Waals surface area contributed by atoms with Gasteiger partial charge in [-0.15, -0.1) is 0 Å². The molecule has 0 saturated carbocycles. The standard InChI is InChI=1S/C74H147N2O6P/c1-6-8-10-12-14-16-18-20-22-24-26-28-30-32-34-35-36-37-38-39-40-41-42-44-46-48-50-52-54-56-58-60-62-64-66-68-74(78)75-72(71-82-83(79,80)81-70-69-76(3,4)5)73(77)67-65-63-61-59-57-55-53-51-49-47-45-43-33-31-29-27-25-23-21-19-17-15-13-11-9-7-2/h57,59,65,67,72-73,77H,6-56,58,60-64,66,68-71H2,1-5H3,(H-,75,78,79,80)/p+1/b59-57+,67-65+. The number of likely N-dealkylation sites (N-methyl/N-ethyl adjacent to an activating group) is 1. The van der Waals surface area contributed by atoms with Crippen LogP contribution in [-0.2, 0) is 18.4 Å². The van der Waals surface area contributed by atoms with Crippen LogP contribution >= 0.6 is 7.82 Å². The lowest BCUT2D eigenvalue weighted by Crippen LogP contribution is -2.45. The van der Waals surface area contributed by atoms with Gasteiger partial charge in [0, 0.05) is 6.42 Å². The third-order valence-electron chi connectivity index (χ3n) is 17.4. The van der Waals surface area contributed by atoms with E-state index in [9.17, 15) is 19.4 Å². The first-order valence-corrected chi connectivity index (χ1v) is 38.7. The maximum atomic E-state index is 13.1. The number of nitrogens with zero attached hydrogens (tertiary/aromatic N) is 1. The van der Waals surface area contributed by atoms with Crippen molar-refractivity contribution in [1.29, 1.82) is 0 Å². The number of aliphatic hydroxyl groups excluding tert-OH is 1. The summed E-state index contributed by atoms with van der Waals surface area (Å²) in [5.74, 6) is -0.177. The van der Waals surface area contributed by atoms with E-state index >= 15 is 0 Å². The maximum Gasteiger partial charge on any atom is 0.472 e. The topological polar surface area (TPSA) is 105 Å². The van der Waals surface area contributed by atoms with Gasteiger partial charge in [-0.05, 0) is 32.1 Å². The minimum absolute atomic E-state index is 0.0591. The van der Waals surface area contributed by atoms with Crippen molar-refractivity contribution in [2.45, 2.75) is 405 Å². The van der Waals surface area contributed by atoms with E-state index in [1.54, 1.807) is 6.08 Å². The predicted molar refractivity (Wildman–Crippen MR) is 365 cm³/mol. The Morgan fingerprint density at radius 3 is 0.964 bits per heavy atom. The summed E-state index contributed by atoms with van der Waals surface area (Å²) < 4.78 is 23.8. The van der Waals surface area contributed by atoms with Gasteiger partial charge in [0.1, 0.15) is 13.2 Å². The Balaban J connectivity index is 3.99. The fraction of sp³-hybridized carbons (Fsp3) is 0.932. The van der Waals surface area contributed by atoms with Crippen LogP contribution in [0.3, 0.4) is 0 Å². The van der Waals surface area contributed by atoms with Crippen LogP contribution in [0.2, 0.25) is 0 Å². The van der Waals surface area contributed by atoms with E-state index in [4.69, 9.17) is 9.05 Å². The molecule has 1 amide bonds. The van der Waals surface area contributed by atoms with Crippen molar-refractivity contribution in [2.24, 2.45) is 0 Å². The zero-order valence-corrected chi connectivity index (χ0v) is 57.6. The number of carbonyl (C=O) groups excluding carboxylic acids is 1. The number of phosphoric ester groups is 1. The molecule has 0 heterocycles. The average Bonchev–Trinajstić information content (AvgIpc) is 3.49. The summed E-state index contributed by atoms with van der Waals surface area (Å²) in [5, 5.41) is 14.0. The number of hydrogen-bond donors (Lipinski definition) is 3. The van der Waals surface area contributed by atoms with E-state index in [1.165, 1.54) is 334 Å². The highest BCUT2D eigenvalue weighted by Crippen LogP contribution is 2.43. The lowest BCUT2D eigenvalue weighted by Gasteiger charge is -2.25. The molecule has 0 aliphatic rings. The molecule has 3 atom stereocenters. The number of hydrogen-bond acceptors (Lipinski definition) is 5. The quantitative estimate of drug-likeness (QED) is 0.0243. The number of phosphoric acid groups is 1. The molecule has 0 spiro atoms. The molecule has 3 N–H and O–H groups in total. The molecule has 0 aromatic heterocycles. The van der Waals surface area contributed by atoms with Crippen LogP contribution in [0, 0.1) is 0 Å². The smallest absolute Gasteiger partial charge is 0.387 e. The number of aliphatic hydroxyl groups is 1. The second-order valence-corrected chi connectivity index (χ2v) is 28.5. The highest BCUT2D eigenvalue weighted by molar-refractivity contribution is 7.47. The van der Waals surface area contributed by atoms with Crippen molar-refractivity contribution in [3.63, 3.8) is 0 Å². The van der Waals surface area contributed by atoms with Crippen molar-refractivity contribution in [1.82, 2.24) is 5.32 Å². The van der Waals surface area contributed by atoms with Gasteiger partial charge in [0.25, 0.3) is 0 Å². The molecule has 0 bridgehead atoms. The van der Waals surface area contributed by atoms with Crippen LogP contribution in [0.1, 0.15) is 393 Å². The molecular formula is C74H148N2O6P+. The van der Waals surface area contributed by atoms with Crippen molar-refractivity contribution in [3.05, 3.63) is 24.3 Å². The molecule has 3 unspecified atom stereocenters. The van der Waals surface area contributed by atoms with Crippen molar-refractivity contribution in [3.8, 4) is 0 Å². The van der Waals surface area contributed by atoms with Gasteiger partial charge in [0.05, 0.1) is 39.9 Å². The van der Waals surface area contributed by atoms with E-state index in [0.29, 0.717) is 17.4 Å². The number of allylic oxidation sites excluding steroid dienone is 3. The summed E-state index contributed by atoms with van der Waals surface area (Å²) in [6.45, 7) is 4.87. The monoisotopic (exact) mass is 1190 g/mol. The molecule has 0 rings (SSSR count). The lowest BCUT2D eigenvalue weighted by molar-refractivity contribution is -0.870. The Hall–Kier alpha value is -1.02. The molecular weight excluding hydrogens is 1040 g/mol. The van der Waals surface area contributed by atoms with Gasteiger partial charge in [0.2, 0.25) is 5.91 Å². The molecule has 494 valence electrons. The minimum Gasteiger partial charge on any atom is -0.387 e. The summed E-state index contributed by atoms with van der Waals surface area (Å²) in [7, 11) is 1.58. The Morgan fingerprint density at radius 2 is 0.663 bits per heavy atom. The number of amides is 1. The molecule has 9 heteroatoms. The van der Waals surface area contributed by atoms with E-state index in [2.05, 4.69) is 31.3 Å². The minimum atomic E-state index is -4.36. The first-order valence-electron chi connectivity index (χ1n) is 37.2. The van der Waals surface area contributed by atoms with Gasteiger partial charge in [-0.1, -0.05) is 378 Å². The maximum absolute atomic E-state index is 13.1. The molecule has 0 aromatic rings.